The molecule has 0 fully saturated rings. The molecule has 0 bridgehead atoms. The number of carboxylic acids is 1. The van der Waals surface area contributed by atoms with E-state index in [0.29, 0.717) is 13.0 Å². The highest BCUT2D eigenvalue weighted by molar-refractivity contribution is 6.99. The van der Waals surface area contributed by atoms with Gasteiger partial charge in [0.05, 0.1) is 0 Å². The van der Waals surface area contributed by atoms with Crippen LogP contribution in [0.3, 0.4) is 0 Å². The Morgan fingerprint density at radius 3 is 1.85 bits per heavy atom. The van der Waals surface area contributed by atoms with Gasteiger partial charge in [0.25, 0.3) is 8.32 Å². The fourth-order valence-electron chi connectivity index (χ4n) is 3.41. The lowest BCUT2D eigenvalue weighted by molar-refractivity contribution is -0.131. The van der Waals surface area contributed by atoms with Crippen molar-refractivity contribution in [3.05, 3.63) is 72.3 Å². The second-order valence-corrected chi connectivity index (χ2v) is 11.9. The Morgan fingerprint density at radius 1 is 1.00 bits per heavy atom. The summed E-state index contributed by atoms with van der Waals surface area (Å²) in [5, 5.41) is 11.3. The van der Waals surface area contributed by atoms with Crippen LogP contribution < -0.4 is 10.4 Å². The zero-order valence-corrected chi connectivity index (χ0v) is 17.0. The summed E-state index contributed by atoms with van der Waals surface area (Å²) in [6.07, 6.45) is 1.87. The molecule has 0 atom stereocenters. The summed E-state index contributed by atoms with van der Waals surface area (Å²) in [5.41, 5.74) is 0.815. The van der Waals surface area contributed by atoms with Crippen molar-refractivity contribution in [1.29, 1.82) is 0 Å². The first-order chi connectivity index (χ1) is 12.3. The van der Waals surface area contributed by atoms with Crippen LogP contribution in [0.25, 0.3) is 0 Å². The SMILES string of the molecule is C/C(=C\C(=O)O)CCO[Si](c1ccccc1)(c1ccccc1)C(C)(C)C. The van der Waals surface area contributed by atoms with E-state index >= 15 is 0 Å². The number of hydrogen-bond acceptors (Lipinski definition) is 2. The summed E-state index contributed by atoms with van der Waals surface area (Å²) < 4.78 is 6.72. The van der Waals surface area contributed by atoms with E-state index in [1.807, 2.05) is 19.1 Å². The Bertz CT molecular complexity index is 706. The second kappa shape index (κ2) is 8.47. The van der Waals surface area contributed by atoms with Gasteiger partial charge in [0.2, 0.25) is 0 Å². The minimum atomic E-state index is -2.53. The molecule has 0 aliphatic heterocycles. The number of hydrogen-bond donors (Lipinski definition) is 1. The molecule has 0 aliphatic rings. The van der Waals surface area contributed by atoms with E-state index in [9.17, 15) is 4.79 Å². The lowest BCUT2D eigenvalue weighted by Crippen LogP contribution is -2.66. The molecule has 0 spiro atoms. The van der Waals surface area contributed by atoms with E-state index in [1.54, 1.807) is 0 Å². The molecule has 0 radical (unpaired) electrons. The Hall–Kier alpha value is -2.17. The summed E-state index contributed by atoms with van der Waals surface area (Å²) in [5.74, 6) is -0.909. The zero-order valence-electron chi connectivity index (χ0n) is 16.0. The zero-order chi connectivity index (χ0) is 19.2. The number of aliphatic carboxylic acids is 1. The van der Waals surface area contributed by atoms with Crippen LogP contribution in [0, 0.1) is 0 Å². The lowest BCUT2D eigenvalue weighted by Gasteiger charge is -2.43. The van der Waals surface area contributed by atoms with Crippen LogP contribution in [0.15, 0.2) is 72.3 Å². The molecule has 1 N–H and O–H groups in total. The van der Waals surface area contributed by atoms with Gasteiger partial charge < -0.3 is 9.53 Å². The topological polar surface area (TPSA) is 46.5 Å². The second-order valence-electron chi connectivity index (χ2n) is 7.59. The summed E-state index contributed by atoms with van der Waals surface area (Å²) in [6.45, 7) is 9.04. The minimum Gasteiger partial charge on any atom is -0.478 e. The Morgan fingerprint density at radius 2 is 1.46 bits per heavy atom. The van der Waals surface area contributed by atoms with Gasteiger partial charge in [0.15, 0.2) is 0 Å². The molecule has 26 heavy (non-hydrogen) atoms. The van der Waals surface area contributed by atoms with Crippen LogP contribution in [0.2, 0.25) is 5.04 Å². The largest absolute Gasteiger partial charge is 0.478 e. The third-order valence-electron chi connectivity index (χ3n) is 4.60. The lowest BCUT2D eigenvalue weighted by atomic mass is 10.2. The van der Waals surface area contributed by atoms with Gasteiger partial charge in [-0.1, -0.05) is 87.0 Å². The minimum absolute atomic E-state index is 0.0693. The summed E-state index contributed by atoms with van der Waals surface area (Å²) in [6, 6.07) is 20.9. The van der Waals surface area contributed by atoms with Gasteiger partial charge in [0.1, 0.15) is 0 Å². The van der Waals surface area contributed by atoms with Gasteiger partial charge >= 0.3 is 5.97 Å². The molecule has 3 nitrogen and oxygen atoms in total. The first-order valence-corrected chi connectivity index (χ1v) is 10.8. The molecule has 0 saturated carbocycles. The molecular formula is C22H28O3Si. The maximum atomic E-state index is 10.9. The predicted molar refractivity (Wildman–Crippen MR) is 110 cm³/mol. The van der Waals surface area contributed by atoms with Gasteiger partial charge in [-0.3, -0.25) is 0 Å². The number of carboxylic acid groups (broad SMARTS) is 1. The van der Waals surface area contributed by atoms with Crippen LogP contribution >= 0.6 is 0 Å². The smallest absolute Gasteiger partial charge is 0.328 e. The number of rotatable bonds is 7. The van der Waals surface area contributed by atoms with Crippen molar-refractivity contribution >= 4 is 24.7 Å². The average molecular weight is 369 g/mol. The van der Waals surface area contributed by atoms with Gasteiger partial charge in [0, 0.05) is 12.7 Å². The molecular weight excluding hydrogens is 340 g/mol. The molecule has 0 aromatic heterocycles. The van der Waals surface area contributed by atoms with E-state index in [0.717, 1.165) is 5.57 Å². The molecule has 2 aromatic carbocycles. The average Bonchev–Trinajstić information content (AvgIpc) is 2.58. The van der Waals surface area contributed by atoms with Crippen LogP contribution in [0.5, 0.6) is 0 Å². The van der Waals surface area contributed by atoms with Crippen LogP contribution in [0.4, 0.5) is 0 Å². The maximum absolute atomic E-state index is 10.9. The highest BCUT2D eigenvalue weighted by atomic mass is 28.4. The molecule has 138 valence electrons. The molecule has 0 aliphatic carbocycles. The molecule has 4 heteroatoms. The Labute approximate surface area is 157 Å². The van der Waals surface area contributed by atoms with Gasteiger partial charge in [-0.25, -0.2) is 4.79 Å². The third-order valence-corrected chi connectivity index (χ3v) is 9.64. The van der Waals surface area contributed by atoms with Crippen molar-refractivity contribution < 1.29 is 14.3 Å². The third kappa shape index (κ3) is 4.51. The van der Waals surface area contributed by atoms with E-state index in [4.69, 9.17) is 9.53 Å². The summed E-state index contributed by atoms with van der Waals surface area (Å²) >= 11 is 0. The molecule has 0 saturated heterocycles. The molecule has 2 rings (SSSR count). The van der Waals surface area contributed by atoms with E-state index in [-0.39, 0.29) is 5.04 Å². The molecule has 2 aromatic rings. The molecule has 0 unspecified atom stereocenters. The fourth-order valence-corrected chi connectivity index (χ4v) is 7.97. The number of benzene rings is 2. The van der Waals surface area contributed by atoms with E-state index < -0.39 is 14.3 Å². The van der Waals surface area contributed by atoms with Crippen molar-refractivity contribution in [3.63, 3.8) is 0 Å². The van der Waals surface area contributed by atoms with Crippen molar-refractivity contribution in [2.24, 2.45) is 0 Å². The highest BCUT2D eigenvalue weighted by Gasteiger charge is 2.49. The summed E-state index contributed by atoms with van der Waals surface area (Å²) in [7, 11) is -2.53. The molecule has 0 heterocycles. The monoisotopic (exact) mass is 368 g/mol. The standard InChI is InChI=1S/C22H28O3Si/c1-18(17-21(23)24)15-16-25-26(22(2,3)4,19-11-7-5-8-12-19)20-13-9-6-10-14-20/h5-14,17H,15-16H2,1-4H3,(H,23,24)/b18-17+. The first kappa shape index (κ1) is 20.1. The van der Waals surface area contributed by atoms with Crippen molar-refractivity contribution in [2.45, 2.75) is 39.2 Å². The van der Waals surface area contributed by atoms with Gasteiger partial charge in [-0.05, 0) is 28.8 Å². The van der Waals surface area contributed by atoms with Crippen molar-refractivity contribution in [3.8, 4) is 0 Å². The summed E-state index contributed by atoms with van der Waals surface area (Å²) in [4.78, 5) is 10.9. The normalized spacial score (nSPS) is 12.8. The van der Waals surface area contributed by atoms with Gasteiger partial charge in [-0.2, -0.15) is 0 Å². The maximum Gasteiger partial charge on any atom is 0.328 e. The fraction of sp³-hybridized carbons (Fsp3) is 0.318. The first-order valence-electron chi connectivity index (χ1n) is 8.92. The van der Waals surface area contributed by atoms with Crippen molar-refractivity contribution in [1.82, 2.24) is 0 Å². The quantitative estimate of drug-likeness (QED) is 0.594. The predicted octanol–water partition coefficient (Wildman–Crippen LogP) is 3.98. The number of carbonyl (C=O) groups is 1. The van der Waals surface area contributed by atoms with E-state index in [1.165, 1.54) is 16.4 Å². The van der Waals surface area contributed by atoms with E-state index in [2.05, 4.69) is 69.3 Å². The Kier molecular flexibility index (Phi) is 6.56. The van der Waals surface area contributed by atoms with Crippen molar-refractivity contribution in [2.75, 3.05) is 6.61 Å². The van der Waals surface area contributed by atoms with Crippen LogP contribution in [-0.2, 0) is 9.22 Å². The van der Waals surface area contributed by atoms with Crippen LogP contribution in [0.1, 0.15) is 34.1 Å². The highest BCUT2D eigenvalue weighted by Crippen LogP contribution is 2.36. The van der Waals surface area contributed by atoms with Gasteiger partial charge in [-0.15, -0.1) is 0 Å². The van der Waals surface area contributed by atoms with Crippen LogP contribution in [-0.4, -0.2) is 26.0 Å². The Balaban J connectivity index is 2.46. The molecule has 0 amide bonds.